The fraction of sp³-hybridized carbons (Fsp3) is 0.786. The summed E-state index contributed by atoms with van der Waals surface area (Å²) in [5.74, 6) is 0.683. The molecule has 0 radical (unpaired) electrons. The summed E-state index contributed by atoms with van der Waals surface area (Å²) >= 11 is 1.76. The van der Waals surface area contributed by atoms with E-state index in [9.17, 15) is 0 Å². The maximum Gasteiger partial charge on any atom is 0.185 e. The Morgan fingerprint density at radius 2 is 2.21 bits per heavy atom. The van der Waals surface area contributed by atoms with Crippen molar-refractivity contribution in [2.24, 2.45) is 5.73 Å². The minimum atomic E-state index is 0.369. The molecule has 0 amide bonds. The highest BCUT2D eigenvalue weighted by Crippen LogP contribution is 2.44. The summed E-state index contributed by atoms with van der Waals surface area (Å²) in [6.45, 7) is 2.48. The number of nitrogens with two attached hydrogens (primary N) is 1. The van der Waals surface area contributed by atoms with Crippen LogP contribution in [0.15, 0.2) is 0 Å². The van der Waals surface area contributed by atoms with E-state index in [-0.39, 0.29) is 0 Å². The highest BCUT2D eigenvalue weighted by molar-refractivity contribution is 7.15. The van der Waals surface area contributed by atoms with E-state index in [0.29, 0.717) is 18.6 Å². The van der Waals surface area contributed by atoms with Crippen molar-refractivity contribution in [3.63, 3.8) is 0 Å². The molecule has 5 heteroatoms. The zero-order valence-electron chi connectivity index (χ0n) is 11.6. The fourth-order valence-electron chi connectivity index (χ4n) is 2.67. The van der Waals surface area contributed by atoms with Crippen LogP contribution in [0.1, 0.15) is 48.6 Å². The molecule has 1 aromatic heterocycles. The number of hydrogen-bond acceptors (Lipinski definition) is 5. The van der Waals surface area contributed by atoms with E-state index in [1.807, 2.05) is 0 Å². The van der Waals surface area contributed by atoms with E-state index < -0.39 is 0 Å². The zero-order valence-corrected chi connectivity index (χ0v) is 12.4. The quantitative estimate of drug-likeness (QED) is 0.901. The molecular weight excluding hydrogens is 258 g/mol. The minimum Gasteiger partial charge on any atom is -0.376 e. The second-order valence-corrected chi connectivity index (χ2v) is 6.71. The first-order valence-electron chi connectivity index (χ1n) is 7.30. The van der Waals surface area contributed by atoms with E-state index in [2.05, 4.69) is 11.9 Å². The first-order valence-corrected chi connectivity index (χ1v) is 8.12. The molecule has 0 aromatic carbocycles. The SMILES string of the molecule is CN(CC1CCCCO1)c1nc(C2CC2)c(CN)s1. The van der Waals surface area contributed by atoms with Gasteiger partial charge in [-0.2, -0.15) is 0 Å². The normalized spacial score (nSPS) is 23.6. The molecule has 0 spiro atoms. The zero-order chi connectivity index (χ0) is 13.2. The lowest BCUT2D eigenvalue weighted by molar-refractivity contribution is 0.0216. The summed E-state index contributed by atoms with van der Waals surface area (Å²) in [4.78, 5) is 8.33. The molecule has 19 heavy (non-hydrogen) atoms. The summed E-state index contributed by atoms with van der Waals surface area (Å²) in [5, 5.41) is 1.11. The van der Waals surface area contributed by atoms with Crippen molar-refractivity contribution in [1.82, 2.24) is 4.98 Å². The molecule has 4 nitrogen and oxygen atoms in total. The predicted octanol–water partition coefficient (Wildman–Crippen LogP) is 2.48. The van der Waals surface area contributed by atoms with Gasteiger partial charge in [-0.25, -0.2) is 4.98 Å². The second kappa shape index (κ2) is 5.77. The smallest absolute Gasteiger partial charge is 0.185 e. The van der Waals surface area contributed by atoms with Crippen LogP contribution in [-0.2, 0) is 11.3 Å². The van der Waals surface area contributed by atoms with Gasteiger partial charge in [-0.15, -0.1) is 11.3 Å². The van der Waals surface area contributed by atoms with Gasteiger partial charge in [-0.1, -0.05) is 0 Å². The molecule has 2 aliphatic rings. The Morgan fingerprint density at radius 1 is 1.37 bits per heavy atom. The first-order chi connectivity index (χ1) is 9.28. The van der Waals surface area contributed by atoms with Gasteiger partial charge in [0.1, 0.15) is 0 Å². The van der Waals surface area contributed by atoms with Gasteiger partial charge >= 0.3 is 0 Å². The molecule has 1 atom stereocenters. The Bertz CT molecular complexity index is 424. The third-order valence-corrected chi connectivity index (χ3v) is 5.15. The topological polar surface area (TPSA) is 51.4 Å². The van der Waals surface area contributed by atoms with Crippen molar-refractivity contribution in [3.05, 3.63) is 10.6 Å². The monoisotopic (exact) mass is 281 g/mol. The van der Waals surface area contributed by atoms with Crippen molar-refractivity contribution >= 4 is 16.5 Å². The summed E-state index contributed by atoms with van der Waals surface area (Å²) < 4.78 is 5.80. The Kier molecular flexibility index (Phi) is 4.05. The molecule has 1 saturated carbocycles. The highest BCUT2D eigenvalue weighted by Gasteiger charge is 2.30. The number of likely N-dealkylation sites (N-methyl/N-ethyl adjacent to an activating group) is 1. The molecule has 1 aliphatic carbocycles. The van der Waals surface area contributed by atoms with Gasteiger partial charge < -0.3 is 15.4 Å². The van der Waals surface area contributed by atoms with Crippen LogP contribution in [0, 0.1) is 0 Å². The molecule has 106 valence electrons. The van der Waals surface area contributed by atoms with Gasteiger partial charge in [0, 0.05) is 37.5 Å². The maximum absolute atomic E-state index is 5.84. The Balaban J connectivity index is 1.66. The molecule has 2 N–H and O–H groups in total. The Morgan fingerprint density at radius 3 is 2.84 bits per heavy atom. The van der Waals surface area contributed by atoms with Crippen molar-refractivity contribution in [2.45, 2.75) is 50.7 Å². The fourth-order valence-corrected chi connectivity index (χ4v) is 3.67. The van der Waals surface area contributed by atoms with Crippen molar-refractivity contribution in [2.75, 3.05) is 25.1 Å². The maximum atomic E-state index is 5.84. The van der Waals surface area contributed by atoms with Crippen LogP contribution in [0.4, 0.5) is 5.13 Å². The molecule has 1 aromatic rings. The van der Waals surface area contributed by atoms with E-state index >= 15 is 0 Å². The van der Waals surface area contributed by atoms with Crippen LogP contribution < -0.4 is 10.6 Å². The number of ether oxygens (including phenoxy) is 1. The van der Waals surface area contributed by atoms with Crippen LogP contribution in [0.3, 0.4) is 0 Å². The number of anilines is 1. The third-order valence-electron chi connectivity index (χ3n) is 3.94. The van der Waals surface area contributed by atoms with Gasteiger partial charge in [0.25, 0.3) is 0 Å². The van der Waals surface area contributed by atoms with E-state index in [4.69, 9.17) is 15.5 Å². The van der Waals surface area contributed by atoms with E-state index in [1.54, 1.807) is 11.3 Å². The molecule has 0 bridgehead atoms. The molecule has 1 saturated heterocycles. The standard InChI is InChI=1S/C14H23N3OS/c1-17(9-11-4-2-3-7-18-11)14-16-13(10-5-6-10)12(8-15)19-14/h10-11H,2-9,15H2,1H3. The molecule has 3 rings (SSSR count). The first kappa shape index (κ1) is 13.3. The number of hydrogen-bond donors (Lipinski definition) is 1. The van der Waals surface area contributed by atoms with Crippen molar-refractivity contribution < 1.29 is 4.74 Å². The third kappa shape index (κ3) is 3.09. The molecular formula is C14H23N3OS. The summed E-state index contributed by atoms with van der Waals surface area (Å²) in [5.41, 5.74) is 7.10. The predicted molar refractivity (Wildman–Crippen MR) is 78.8 cm³/mol. The van der Waals surface area contributed by atoms with Crippen molar-refractivity contribution in [3.8, 4) is 0 Å². The largest absolute Gasteiger partial charge is 0.376 e. The van der Waals surface area contributed by atoms with Crippen LogP contribution in [0.2, 0.25) is 0 Å². The van der Waals surface area contributed by atoms with Gasteiger partial charge in [-0.05, 0) is 32.1 Å². The molecule has 1 unspecified atom stereocenters. The lowest BCUT2D eigenvalue weighted by Gasteiger charge is -2.27. The Hall–Kier alpha value is -0.650. The lowest BCUT2D eigenvalue weighted by Crippen LogP contribution is -2.33. The van der Waals surface area contributed by atoms with Crippen LogP contribution in [-0.4, -0.2) is 31.3 Å². The summed E-state index contributed by atoms with van der Waals surface area (Å²) in [6.07, 6.45) is 6.61. The van der Waals surface area contributed by atoms with E-state index in [0.717, 1.165) is 18.3 Å². The molecule has 2 heterocycles. The van der Waals surface area contributed by atoms with Gasteiger partial charge in [0.15, 0.2) is 5.13 Å². The van der Waals surface area contributed by atoms with Gasteiger partial charge in [0.05, 0.1) is 11.8 Å². The second-order valence-electron chi connectivity index (χ2n) is 5.65. The van der Waals surface area contributed by atoms with Gasteiger partial charge in [-0.3, -0.25) is 0 Å². The van der Waals surface area contributed by atoms with Crippen LogP contribution in [0.25, 0.3) is 0 Å². The average molecular weight is 281 g/mol. The minimum absolute atomic E-state index is 0.369. The van der Waals surface area contributed by atoms with Gasteiger partial charge in [0.2, 0.25) is 0 Å². The van der Waals surface area contributed by atoms with Crippen LogP contribution >= 0.6 is 11.3 Å². The molecule has 1 aliphatic heterocycles. The van der Waals surface area contributed by atoms with E-state index in [1.165, 1.54) is 42.7 Å². The Labute approximate surface area is 119 Å². The molecule has 2 fully saturated rings. The summed E-state index contributed by atoms with van der Waals surface area (Å²) in [6, 6.07) is 0. The van der Waals surface area contributed by atoms with Crippen molar-refractivity contribution in [1.29, 1.82) is 0 Å². The number of nitrogens with zero attached hydrogens (tertiary/aromatic N) is 2. The number of thiazole rings is 1. The highest BCUT2D eigenvalue weighted by atomic mass is 32.1. The lowest BCUT2D eigenvalue weighted by atomic mass is 10.1. The number of rotatable bonds is 5. The number of aromatic nitrogens is 1. The van der Waals surface area contributed by atoms with Crippen LogP contribution in [0.5, 0.6) is 0 Å². The summed E-state index contributed by atoms with van der Waals surface area (Å²) in [7, 11) is 2.12. The average Bonchev–Trinajstić information content (AvgIpc) is 3.19.